The molecule has 6 nitrogen and oxygen atoms in total. The van der Waals surface area contributed by atoms with E-state index >= 15 is 0 Å². The van der Waals surface area contributed by atoms with Crippen molar-refractivity contribution in [3.8, 4) is 0 Å². The lowest BCUT2D eigenvalue weighted by Crippen LogP contribution is -2.40. The molecule has 8 heteroatoms. The van der Waals surface area contributed by atoms with Gasteiger partial charge in [0, 0.05) is 12.6 Å². The first-order valence-corrected chi connectivity index (χ1v) is 10.1. The summed E-state index contributed by atoms with van der Waals surface area (Å²) in [6, 6.07) is 4.49. The Hall–Kier alpha value is -0.960. The summed E-state index contributed by atoms with van der Waals surface area (Å²) in [5.74, 6) is 0.0661. The smallest absolute Gasteiger partial charge is 0.240 e. The van der Waals surface area contributed by atoms with Crippen LogP contribution in [0.2, 0.25) is 0 Å². The first kappa shape index (κ1) is 16.4. The Morgan fingerprint density at radius 1 is 1.29 bits per heavy atom. The Bertz CT molecular complexity index is 713. The average molecular weight is 332 g/mol. The van der Waals surface area contributed by atoms with Crippen LogP contribution in [0.1, 0.15) is 24.0 Å². The summed E-state index contributed by atoms with van der Waals surface area (Å²) in [6.07, 6.45) is 0.642. The number of aryl methyl sites for hydroxylation is 1. The minimum atomic E-state index is -3.63. The highest BCUT2D eigenvalue weighted by Gasteiger charge is 2.27. The zero-order chi connectivity index (χ0) is 15.7. The lowest BCUT2D eigenvalue weighted by atomic mass is 10.1. The molecule has 1 saturated heterocycles. The number of nitrogens with one attached hydrogen (secondary N) is 1. The molecule has 0 spiro atoms. The van der Waals surface area contributed by atoms with E-state index in [1.54, 1.807) is 12.1 Å². The first-order chi connectivity index (χ1) is 9.73. The van der Waals surface area contributed by atoms with Crippen molar-refractivity contribution in [2.75, 3.05) is 11.5 Å². The van der Waals surface area contributed by atoms with Crippen LogP contribution >= 0.6 is 0 Å². The second kappa shape index (κ2) is 6.04. The van der Waals surface area contributed by atoms with E-state index in [0.29, 0.717) is 19.4 Å². The standard InChI is InChI=1S/C13H20N2O4S2/c1-10-8-13(3-2-11(10)9-14)21(18,19)15-12-4-6-20(16,17)7-5-12/h2-3,8,12,15H,4-7,9,14H2,1H3. The number of hydrogen-bond acceptors (Lipinski definition) is 5. The van der Waals surface area contributed by atoms with Crippen LogP contribution in [0, 0.1) is 6.92 Å². The molecule has 21 heavy (non-hydrogen) atoms. The van der Waals surface area contributed by atoms with Gasteiger partial charge in [-0.05, 0) is 43.0 Å². The quantitative estimate of drug-likeness (QED) is 0.825. The molecule has 0 bridgehead atoms. The third-order valence-corrected chi connectivity index (χ3v) is 6.95. The third-order valence-electron chi connectivity index (χ3n) is 3.72. The summed E-state index contributed by atoms with van der Waals surface area (Å²) >= 11 is 0. The van der Waals surface area contributed by atoms with Gasteiger partial charge in [-0.25, -0.2) is 21.6 Å². The van der Waals surface area contributed by atoms with E-state index in [-0.39, 0.29) is 22.4 Å². The molecule has 0 aromatic heterocycles. The Kier molecular flexibility index (Phi) is 4.72. The number of benzene rings is 1. The van der Waals surface area contributed by atoms with Crippen LogP contribution < -0.4 is 10.5 Å². The molecule has 118 valence electrons. The molecule has 1 aromatic carbocycles. The van der Waals surface area contributed by atoms with E-state index in [0.717, 1.165) is 11.1 Å². The molecular weight excluding hydrogens is 312 g/mol. The SMILES string of the molecule is Cc1cc(S(=O)(=O)NC2CCS(=O)(=O)CC2)ccc1CN. The van der Waals surface area contributed by atoms with Crippen LogP contribution in [0.25, 0.3) is 0 Å². The van der Waals surface area contributed by atoms with E-state index in [4.69, 9.17) is 5.73 Å². The Balaban J connectivity index is 2.14. The topological polar surface area (TPSA) is 106 Å². The van der Waals surface area contributed by atoms with E-state index in [9.17, 15) is 16.8 Å². The summed E-state index contributed by atoms with van der Waals surface area (Å²) in [4.78, 5) is 0.186. The summed E-state index contributed by atoms with van der Waals surface area (Å²) in [6.45, 7) is 2.18. The van der Waals surface area contributed by atoms with Crippen molar-refractivity contribution in [1.29, 1.82) is 0 Å². The van der Waals surface area contributed by atoms with E-state index in [1.807, 2.05) is 6.92 Å². The monoisotopic (exact) mass is 332 g/mol. The summed E-state index contributed by atoms with van der Waals surface area (Å²) in [5.41, 5.74) is 7.29. The van der Waals surface area contributed by atoms with Gasteiger partial charge in [0.15, 0.2) is 0 Å². The molecule has 1 aliphatic rings. The maximum atomic E-state index is 12.3. The number of nitrogens with two attached hydrogens (primary N) is 1. The maximum Gasteiger partial charge on any atom is 0.240 e. The predicted molar refractivity (Wildman–Crippen MR) is 81.1 cm³/mol. The van der Waals surface area contributed by atoms with Crippen molar-refractivity contribution in [1.82, 2.24) is 4.72 Å². The van der Waals surface area contributed by atoms with Crippen LogP contribution in [-0.2, 0) is 26.4 Å². The molecule has 1 fully saturated rings. The average Bonchev–Trinajstić information content (AvgIpc) is 2.41. The first-order valence-electron chi connectivity index (χ1n) is 6.76. The summed E-state index contributed by atoms with van der Waals surface area (Å²) in [7, 11) is -6.63. The van der Waals surface area contributed by atoms with Crippen LogP contribution in [-0.4, -0.2) is 34.4 Å². The van der Waals surface area contributed by atoms with Gasteiger partial charge >= 0.3 is 0 Å². The van der Waals surface area contributed by atoms with Gasteiger partial charge < -0.3 is 5.73 Å². The van der Waals surface area contributed by atoms with E-state index < -0.39 is 19.9 Å². The second-order valence-electron chi connectivity index (χ2n) is 5.34. The summed E-state index contributed by atoms with van der Waals surface area (Å²) in [5, 5.41) is 0. The molecule has 3 N–H and O–H groups in total. The molecule has 2 rings (SSSR count). The fourth-order valence-corrected chi connectivity index (χ4v) is 5.24. The minimum Gasteiger partial charge on any atom is -0.326 e. The zero-order valence-corrected chi connectivity index (χ0v) is 13.5. The van der Waals surface area contributed by atoms with Gasteiger partial charge in [0.2, 0.25) is 10.0 Å². The van der Waals surface area contributed by atoms with Crippen molar-refractivity contribution in [3.63, 3.8) is 0 Å². The van der Waals surface area contributed by atoms with E-state index in [2.05, 4.69) is 4.72 Å². The lowest BCUT2D eigenvalue weighted by molar-refractivity contribution is 0.505. The Morgan fingerprint density at radius 3 is 2.43 bits per heavy atom. The van der Waals surface area contributed by atoms with E-state index in [1.165, 1.54) is 6.07 Å². The highest BCUT2D eigenvalue weighted by molar-refractivity contribution is 7.91. The van der Waals surface area contributed by atoms with Crippen molar-refractivity contribution in [3.05, 3.63) is 29.3 Å². The van der Waals surface area contributed by atoms with Crippen molar-refractivity contribution < 1.29 is 16.8 Å². The molecule has 0 radical (unpaired) electrons. The summed E-state index contributed by atoms with van der Waals surface area (Å²) < 4.78 is 49.9. The Labute approximate surface area is 125 Å². The number of hydrogen-bond donors (Lipinski definition) is 2. The van der Waals surface area contributed by atoms with Gasteiger partial charge in [-0.15, -0.1) is 0 Å². The van der Waals surface area contributed by atoms with Gasteiger partial charge in [0.25, 0.3) is 0 Å². The molecule has 0 amide bonds. The molecule has 1 aliphatic heterocycles. The minimum absolute atomic E-state index is 0.0331. The predicted octanol–water partition coefficient (Wildman–Crippen LogP) is 0.309. The number of rotatable bonds is 4. The van der Waals surface area contributed by atoms with Crippen LogP contribution in [0.5, 0.6) is 0 Å². The molecule has 0 unspecified atom stereocenters. The van der Waals surface area contributed by atoms with Crippen LogP contribution in [0.4, 0.5) is 0 Å². The molecule has 0 atom stereocenters. The fraction of sp³-hybridized carbons (Fsp3) is 0.538. The zero-order valence-electron chi connectivity index (χ0n) is 11.9. The highest BCUT2D eigenvalue weighted by atomic mass is 32.2. The molecular formula is C13H20N2O4S2. The maximum absolute atomic E-state index is 12.3. The molecule has 1 heterocycles. The largest absolute Gasteiger partial charge is 0.326 e. The van der Waals surface area contributed by atoms with Crippen LogP contribution in [0.15, 0.2) is 23.1 Å². The third kappa shape index (κ3) is 4.03. The van der Waals surface area contributed by atoms with Gasteiger partial charge in [-0.3, -0.25) is 0 Å². The number of sulfonamides is 1. The molecule has 1 aromatic rings. The molecule has 0 aliphatic carbocycles. The lowest BCUT2D eigenvalue weighted by Gasteiger charge is -2.23. The van der Waals surface area contributed by atoms with Gasteiger partial charge in [-0.1, -0.05) is 6.07 Å². The Morgan fingerprint density at radius 2 is 1.90 bits per heavy atom. The van der Waals surface area contributed by atoms with Gasteiger partial charge in [0.05, 0.1) is 16.4 Å². The molecule has 0 saturated carbocycles. The fourth-order valence-electron chi connectivity index (χ4n) is 2.36. The van der Waals surface area contributed by atoms with Gasteiger partial charge in [-0.2, -0.15) is 0 Å². The van der Waals surface area contributed by atoms with Crippen LogP contribution in [0.3, 0.4) is 0 Å². The second-order valence-corrected chi connectivity index (χ2v) is 9.36. The number of sulfone groups is 1. The normalized spacial score (nSPS) is 19.5. The van der Waals surface area contributed by atoms with Crippen molar-refractivity contribution in [2.45, 2.75) is 37.2 Å². The van der Waals surface area contributed by atoms with Crippen molar-refractivity contribution in [2.24, 2.45) is 5.73 Å². The highest BCUT2D eigenvalue weighted by Crippen LogP contribution is 2.18. The van der Waals surface area contributed by atoms with Crippen molar-refractivity contribution >= 4 is 19.9 Å². The van der Waals surface area contributed by atoms with Gasteiger partial charge in [0.1, 0.15) is 9.84 Å².